The Bertz CT molecular complexity index is 317. The van der Waals surface area contributed by atoms with Crippen molar-refractivity contribution in [3.63, 3.8) is 0 Å². The van der Waals surface area contributed by atoms with E-state index in [1.807, 2.05) is 0 Å². The first-order chi connectivity index (χ1) is 12.3. The Balaban J connectivity index is 1.50. The predicted octanol–water partition coefficient (Wildman–Crippen LogP) is 5.64. The van der Waals surface area contributed by atoms with E-state index in [0.717, 1.165) is 51.4 Å². The Labute approximate surface area is 158 Å². The van der Waals surface area contributed by atoms with Gasteiger partial charge in [0.15, 0.2) is 0 Å². The zero-order valence-electron chi connectivity index (χ0n) is 15.7. The van der Waals surface area contributed by atoms with Crippen LogP contribution in [0, 0.1) is 0 Å². The van der Waals surface area contributed by atoms with Crippen LogP contribution in [0.1, 0.15) is 103 Å². The molecule has 4 fully saturated rings. The normalized spacial score (nSPS) is 27.8. The summed E-state index contributed by atoms with van der Waals surface area (Å²) < 4.78 is 26.9. The molecule has 0 amide bonds. The van der Waals surface area contributed by atoms with Crippen LogP contribution < -0.4 is 0 Å². The van der Waals surface area contributed by atoms with Crippen molar-refractivity contribution in [3.8, 4) is 0 Å². The van der Waals surface area contributed by atoms with Gasteiger partial charge in [0, 0.05) is 0 Å². The molecular formula is C20H36NbO4. The van der Waals surface area contributed by atoms with Crippen LogP contribution in [-0.2, 0) is 31.7 Å². The van der Waals surface area contributed by atoms with Crippen LogP contribution in [0.4, 0.5) is 0 Å². The second-order valence-corrected chi connectivity index (χ2v) is 12.8. The molecule has 0 aromatic carbocycles. The van der Waals surface area contributed by atoms with Gasteiger partial charge in [-0.05, 0) is 0 Å². The molecule has 4 aliphatic rings. The van der Waals surface area contributed by atoms with Gasteiger partial charge in [0.2, 0.25) is 0 Å². The van der Waals surface area contributed by atoms with Gasteiger partial charge in [-0.2, -0.15) is 0 Å². The fourth-order valence-corrected chi connectivity index (χ4v) is 11.3. The molecule has 25 heavy (non-hydrogen) atoms. The van der Waals surface area contributed by atoms with E-state index in [4.69, 9.17) is 13.0 Å². The molecule has 0 heterocycles. The van der Waals surface area contributed by atoms with Crippen LogP contribution in [0.25, 0.3) is 0 Å². The van der Waals surface area contributed by atoms with Crippen molar-refractivity contribution in [2.45, 2.75) is 127 Å². The van der Waals surface area contributed by atoms with E-state index < -0.39 is 18.7 Å². The van der Waals surface area contributed by atoms with Gasteiger partial charge in [-0.15, -0.1) is 0 Å². The summed E-state index contributed by atoms with van der Waals surface area (Å²) >= 11 is -3.85. The molecule has 0 aromatic rings. The third kappa shape index (κ3) is 5.31. The van der Waals surface area contributed by atoms with Crippen molar-refractivity contribution in [1.82, 2.24) is 0 Å². The molecular weight excluding hydrogens is 397 g/mol. The van der Waals surface area contributed by atoms with Crippen LogP contribution in [0.3, 0.4) is 0 Å². The number of hydrogen-bond donors (Lipinski definition) is 0. The number of hydrogen-bond acceptors (Lipinski definition) is 4. The van der Waals surface area contributed by atoms with E-state index in [1.54, 1.807) is 0 Å². The van der Waals surface area contributed by atoms with Crippen LogP contribution in [-0.4, -0.2) is 24.4 Å². The summed E-state index contributed by atoms with van der Waals surface area (Å²) in [5.41, 5.74) is 0. The van der Waals surface area contributed by atoms with Crippen molar-refractivity contribution < 1.29 is 31.7 Å². The van der Waals surface area contributed by atoms with Gasteiger partial charge in [0.1, 0.15) is 0 Å². The summed E-state index contributed by atoms with van der Waals surface area (Å²) in [6.45, 7) is 0. The van der Waals surface area contributed by atoms with Crippen molar-refractivity contribution in [2.75, 3.05) is 0 Å². The third-order valence-corrected chi connectivity index (χ3v) is 11.8. The Hall–Kier alpha value is 0.580. The summed E-state index contributed by atoms with van der Waals surface area (Å²) in [4.78, 5) is 0. The molecule has 4 rings (SSSR count). The molecule has 4 saturated carbocycles. The van der Waals surface area contributed by atoms with Crippen molar-refractivity contribution >= 4 is 0 Å². The monoisotopic (exact) mass is 433 g/mol. The fourth-order valence-electron chi connectivity index (χ4n) is 4.85. The average Bonchev–Trinajstić information content (AvgIpc) is 3.37. The molecule has 4 aliphatic carbocycles. The van der Waals surface area contributed by atoms with Crippen molar-refractivity contribution in [1.29, 1.82) is 0 Å². The Morgan fingerprint density at radius 3 is 0.760 bits per heavy atom. The van der Waals surface area contributed by atoms with Gasteiger partial charge < -0.3 is 0 Å². The van der Waals surface area contributed by atoms with E-state index in [1.165, 1.54) is 51.4 Å². The Morgan fingerprint density at radius 1 is 0.360 bits per heavy atom. The molecule has 145 valence electrons. The van der Waals surface area contributed by atoms with Gasteiger partial charge in [-0.1, -0.05) is 0 Å². The molecule has 0 bridgehead atoms. The van der Waals surface area contributed by atoms with E-state index in [0.29, 0.717) is 24.4 Å². The first-order valence-corrected chi connectivity index (χ1v) is 14.5. The summed E-state index contributed by atoms with van der Waals surface area (Å²) in [5, 5.41) is 0. The predicted molar refractivity (Wildman–Crippen MR) is 93.4 cm³/mol. The van der Waals surface area contributed by atoms with E-state index in [2.05, 4.69) is 0 Å². The third-order valence-electron chi connectivity index (χ3n) is 6.32. The van der Waals surface area contributed by atoms with E-state index >= 15 is 0 Å². The average molecular weight is 433 g/mol. The van der Waals surface area contributed by atoms with Gasteiger partial charge in [-0.25, -0.2) is 0 Å². The quantitative estimate of drug-likeness (QED) is 0.465. The first kappa shape index (κ1) is 18.9. The van der Waals surface area contributed by atoms with Gasteiger partial charge >= 0.3 is 159 Å². The second-order valence-electron chi connectivity index (χ2n) is 8.49. The van der Waals surface area contributed by atoms with Crippen molar-refractivity contribution in [3.05, 3.63) is 0 Å². The summed E-state index contributed by atoms with van der Waals surface area (Å²) in [6.07, 6.45) is 20.8. The zero-order valence-corrected chi connectivity index (χ0v) is 17.9. The number of rotatable bonds is 8. The van der Waals surface area contributed by atoms with Gasteiger partial charge in [-0.3, -0.25) is 0 Å². The Morgan fingerprint density at radius 2 is 0.560 bits per heavy atom. The topological polar surface area (TPSA) is 36.9 Å². The molecule has 0 unspecified atom stereocenters. The second kappa shape index (κ2) is 9.18. The van der Waals surface area contributed by atoms with Crippen molar-refractivity contribution in [2.24, 2.45) is 0 Å². The van der Waals surface area contributed by atoms with E-state index in [9.17, 15) is 0 Å². The Kier molecular flexibility index (Phi) is 6.95. The first-order valence-electron chi connectivity index (χ1n) is 10.9. The standard InChI is InChI=1S/4C5H9O.Nb/c4*6-5-3-1-2-4-5;/h4*5H,1-4H2;/q4*-1;+4. The molecule has 0 aliphatic heterocycles. The summed E-state index contributed by atoms with van der Waals surface area (Å²) in [7, 11) is 0. The van der Waals surface area contributed by atoms with Crippen LogP contribution in [0.2, 0.25) is 0 Å². The molecule has 4 nitrogen and oxygen atoms in total. The van der Waals surface area contributed by atoms with Crippen LogP contribution in [0.5, 0.6) is 0 Å². The maximum absolute atomic E-state index is 6.72. The SMILES string of the molecule is C1CCC([O][Nb]([O]C2CCCC2)([O]C2CCCC2)[O]C2CCCC2)C1. The minimum atomic E-state index is -3.85. The van der Waals surface area contributed by atoms with Gasteiger partial charge in [0.05, 0.1) is 0 Å². The summed E-state index contributed by atoms with van der Waals surface area (Å²) in [6, 6.07) is 0. The fraction of sp³-hybridized carbons (Fsp3) is 1.00. The van der Waals surface area contributed by atoms with Crippen LogP contribution >= 0.6 is 0 Å². The minimum absolute atomic E-state index is 0.315. The zero-order chi connectivity index (χ0) is 17.0. The molecule has 0 spiro atoms. The van der Waals surface area contributed by atoms with Crippen LogP contribution in [0.15, 0.2) is 0 Å². The maximum atomic E-state index is 6.72. The summed E-state index contributed by atoms with van der Waals surface area (Å²) in [5.74, 6) is 0. The molecule has 0 radical (unpaired) electrons. The molecule has 5 heteroatoms. The molecule has 0 saturated heterocycles. The molecule has 0 atom stereocenters. The molecule has 0 aromatic heterocycles. The van der Waals surface area contributed by atoms with Gasteiger partial charge in [0.25, 0.3) is 0 Å². The molecule has 0 N–H and O–H groups in total. The van der Waals surface area contributed by atoms with E-state index in [-0.39, 0.29) is 0 Å².